The van der Waals surface area contributed by atoms with Crippen LogP contribution in [0.5, 0.6) is 17.2 Å². The summed E-state index contributed by atoms with van der Waals surface area (Å²) in [5.41, 5.74) is 1.21. The largest absolute Gasteiger partial charge is 0.493 e. The monoisotopic (exact) mass is 355 g/mol. The number of hydrogen-bond donors (Lipinski definition) is 1. The molecule has 2 fully saturated rings. The Labute approximate surface area is 152 Å². The fourth-order valence-corrected chi connectivity index (χ4v) is 4.62. The minimum atomic E-state index is -0.182. The van der Waals surface area contributed by atoms with E-state index >= 15 is 0 Å². The molecule has 3 aliphatic rings. The van der Waals surface area contributed by atoms with Crippen molar-refractivity contribution in [2.75, 3.05) is 13.4 Å². The third kappa shape index (κ3) is 2.90. The molecular weight excluding hydrogens is 333 g/mol. The molecule has 0 unspecified atom stereocenters. The van der Waals surface area contributed by atoms with Crippen molar-refractivity contribution in [2.45, 2.75) is 37.3 Å². The van der Waals surface area contributed by atoms with E-state index in [1.165, 1.54) is 18.4 Å². The normalized spacial score (nSPS) is 29.0. The van der Waals surface area contributed by atoms with Crippen molar-refractivity contribution in [3.63, 3.8) is 0 Å². The maximum Gasteiger partial charge on any atom is 0.231 e. The molecule has 0 radical (unpaired) electrons. The summed E-state index contributed by atoms with van der Waals surface area (Å²) in [6.45, 7) is 0.896. The number of piperidine rings is 1. The number of benzene rings is 2. The second-order valence-corrected chi connectivity index (χ2v) is 7.43. The molecule has 2 bridgehead atoms. The fourth-order valence-electron chi connectivity index (χ4n) is 4.62. The van der Waals surface area contributed by atoms with Gasteiger partial charge in [0.15, 0.2) is 11.5 Å². The fraction of sp³-hybridized carbons (Fsp3) is 0.429. The molecule has 0 amide bonds. The lowest BCUT2D eigenvalue weighted by Crippen LogP contribution is -2.46. The van der Waals surface area contributed by atoms with Gasteiger partial charge in [0.2, 0.25) is 6.79 Å². The van der Waals surface area contributed by atoms with Crippen molar-refractivity contribution >= 4 is 0 Å². The number of ether oxygens (including phenoxy) is 3. The molecule has 1 N–H and O–H groups in total. The van der Waals surface area contributed by atoms with Gasteiger partial charge in [0, 0.05) is 24.1 Å². The van der Waals surface area contributed by atoms with Gasteiger partial charge in [0.25, 0.3) is 0 Å². The molecule has 0 saturated carbocycles. The summed E-state index contributed by atoms with van der Waals surface area (Å²) in [4.78, 5) is 0. The Morgan fingerprint density at radius 1 is 1.04 bits per heavy atom. The maximum atomic E-state index is 13.3. The average Bonchev–Trinajstić information content (AvgIpc) is 3.28. The van der Waals surface area contributed by atoms with Crippen molar-refractivity contribution in [1.82, 2.24) is 5.32 Å². The third-order valence-corrected chi connectivity index (χ3v) is 5.93. The van der Waals surface area contributed by atoms with Crippen LogP contribution in [-0.2, 0) is 0 Å². The summed E-state index contributed by atoms with van der Waals surface area (Å²) >= 11 is 0. The van der Waals surface area contributed by atoms with E-state index < -0.39 is 0 Å². The first kappa shape index (κ1) is 15.9. The van der Waals surface area contributed by atoms with Crippen LogP contribution in [0, 0.1) is 11.7 Å². The van der Waals surface area contributed by atoms with E-state index in [0.29, 0.717) is 30.5 Å². The van der Waals surface area contributed by atoms with Crippen LogP contribution in [0.3, 0.4) is 0 Å². The van der Waals surface area contributed by atoms with Gasteiger partial charge in [0.05, 0.1) is 6.61 Å². The number of rotatable bonds is 4. The molecule has 26 heavy (non-hydrogen) atoms. The van der Waals surface area contributed by atoms with Gasteiger partial charge in [-0.15, -0.1) is 0 Å². The molecular formula is C21H22FNO3. The summed E-state index contributed by atoms with van der Waals surface area (Å²) in [7, 11) is 0. The van der Waals surface area contributed by atoms with E-state index in [1.807, 2.05) is 30.3 Å². The minimum Gasteiger partial charge on any atom is -0.493 e. The molecule has 4 nitrogen and oxygen atoms in total. The van der Waals surface area contributed by atoms with Crippen LogP contribution >= 0.6 is 0 Å². The van der Waals surface area contributed by atoms with Crippen molar-refractivity contribution < 1.29 is 18.6 Å². The Balaban J connectivity index is 1.35. The van der Waals surface area contributed by atoms with Gasteiger partial charge in [-0.2, -0.15) is 0 Å². The molecule has 0 spiro atoms. The second kappa shape index (κ2) is 6.47. The Kier molecular flexibility index (Phi) is 3.97. The summed E-state index contributed by atoms with van der Waals surface area (Å²) in [6, 6.07) is 13.7. The van der Waals surface area contributed by atoms with Gasteiger partial charge in [0.1, 0.15) is 11.6 Å². The quantitative estimate of drug-likeness (QED) is 0.904. The Hall–Kier alpha value is -2.27. The zero-order valence-electron chi connectivity index (χ0n) is 14.5. The van der Waals surface area contributed by atoms with Gasteiger partial charge in [-0.05, 0) is 55.0 Å². The van der Waals surface area contributed by atoms with Gasteiger partial charge in [-0.3, -0.25) is 0 Å². The molecule has 2 aromatic carbocycles. The van der Waals surface area contributed by atoms with Gasteiger partial charge >= 0.3 is 0 Å². The van der Waals surface area contributed by atoms with E-state index in [2.05, 4.69) is 5.32 Å². The Morgan fingerprint density at radius 2 is 1.88 bits per heavy atom. The van der Waals surface area contributed by atoms with Crippen LogP contribution in [0.25, 0.3) is 0 Å². The highest BCUT2D eigenvalue weighted by Crippen LogP contribution is 2.42. The summed E-state index contributed by atoms with van der Waals surface area (Å²) < 4.78 is 30.3. The predicted molar refractivity (Wildman–Crippen MR) is 95.3 cm³/mol. The van der Waals surface area contributed by atoms with E-state index in [4.69, 9.17) is 14.2 Å². The van der Waals surface area contributed by atoms with Gasteiger partial charge in [-0.1, -0.05) is 12.1 Å². The zero-order chi connectivity index (χ0) is 17.5. The SMILES string of the molecule is Fc1ccc([C@H]2C[C@@H]3CC[C@@H](N3)[C@@H]2COc2ccc3c(c2)OCO3)cc1. The number of fused-ring (bicyclic) bond motifs is 3. The molecule has 3 heterocycles. The lowest BCUT2D eigenvalue weighted by Gasteiger charge is -2.38. The lowest BCUT2D eigenvalue weighted by atomic mass is 9.77. The topological polar surface area (TPSA) is 39.7 Å². The van der Waals surface area contributed by atoms with Crippen LogP contribution in [0.2, 0.25) is 0 Å². The third-order valence-electron chi connectivity index (χ3n) is 5.93. The molecule has 4 atom stereocenters. The van der Waals surface area contributed by atoms with Crippen LogP contribution < -0.4 is 19.5 Å². The van der Waals surface area contributed by atoms with E-state index in [-0.39, 0.29) is 12.6 Å². The zero-order valence-corrected chi connectivity index (χ0v) is 14.5. The minimum absolute atomic E-state index is 0.182. The summed E-state index contributed by atoms with van der Waals surface area (Å²) in [5.74, 6) is 2.87. The maximum absolute atomic E-state index is 13.3. The van der Waals surface area contributed by atoms with Crippen molar-refractivity contribution in [3.05, 3.63) is 53.8 Å². The number of halogens is 1. The van der Waals surface area contributed by atoms with Crippen LogP contribution in [0.15, 0.2) is 42.5 Å². The first-order chi connectivity index (χ1) is 12.8. The molecule has 136 valence electrons. The van der Waals surface area contributed by atoms with Gasteiger partial charge < -0.3 is 19.5 Å². The molecule has 5 rings (SSSR count). The van der Waals surface area contributed by atoms with Crippen LogP contribution in [0.4, 0.5) is 4.39 Å². The van der Waals surface area contributed by atoms with E-state index in [9.17, 15) is 4.39 Å². The smallest absolute Gasteiger partial charge is 0.231 e. The molecule has 5 heteroatoms. The first-order valence-corrected chi connectivity index (χ1v) is 9.30. The summed E-state index contributed by atoms with van der Waals surface area (Å²) in [5, 5.41) is 3.73. The lowest BCUT2D eigenvalue weighted by molar-refractivity contribution is 0.158. The van der Waals surface area contributed by atoms with Crippen LogP contribution in [0.1, 0.15) is 30.7 Å². The average molecular weight is 355 g/mol. The molecule has 3 aliphatic heterocycles. The Bertz CT molecular complexity index is 794. The standard InChI is InChI=1S/C21H22FNO3/c22-14-3-1-13(2-4-14)17-9-15-5-7-19(23-15)18(17)11-24-16-6-8-20-21(10-16)26-12-25-20/h1-4,6,8,10,15,17-19,23H,5,7,9,11-12H2/t15-,17+,18+,19+/m0/s1. The van der Waals surface area contributed by atoms with Gasteiger partial charge in [-0.25, -0.2) is 4.39 Å². The molecule has 2 aromatic rings. The summed E-state index contributed by atoms with van der Waals surface area (Å²) in [6.07, 6.45) is 3.47. The highest BCUT2D eigenvalue weighted by molar-refractivity contribution is 5.46. The molecule has 2 saturated heterocycles. The first-order valence-electron chi connectivity index (χ1n) is 9.30. The number of hydrogen-bond acceptors (Lipinski definition) is 4. The highest BCUT2D eigenvalue weighted by atomic mass is 19.1. The predicted octanol–water partition coefficient (Wildman–Crippen LogP) is 3.86. The van der Waals surface area contributed by atoms with Crippen LogP contribution in [-0.4, -0.2) is 25.5 Å². The van der Waals surface area contributed by atoms with Crippen molar-refractivity contribution in [2.24, 2.45) is 5.92 Å². The van der Waals surface area contributed by atoms with Crippen molar-refractivity contribution in [1.29, 1.82) is 0 Å². The van der Waals surface area contributed by atoms with E-state index in [1.54, 1.807) is 12.1 Å². The van der Waals surface area contributed by atoms with Crippen molar-refractivity contribution in [3.8, 4) is 17.2 Å². The van der Waals surface area contributed by atoms with E-state index in [0.717, 1.165) is 23.7 Å². The Morgan fingerprint density at radius 3 is 2.77 bits per heavy atom. The highest BCUT2D eigenvalue weighted by Gasteiger charge is 2.42. The molecule has 0 aromatic heterocycles. The molecule has 0 aliphatic carbocycles. The number of nitrogens with one attached hydrogen (secondary N) is 1. The second-order valence-electron chi connectivity index (χ2n) is 7.43.